The highest BCUT2D eigenvalue weighted by Gasteiger charge is 2.60. The fraction of sp³-hybridized carbons (Fsp3) is 1.00. The summed E-state index contributed by atoms with van der Waals surface area (Å²) in [4.78, 5) is 0. The third kappa shape index (κ3) is 0.585. The smallest absolute Gasteiger partial charge is 0.00625 e. The van der Waals surface area contributed by atoms with Gasteiger partial charge in [0.1, 0.15) is 0 Å². The quantitative estimate of drug-likeness (QED) is 0.572. The molecule has 5 atom stereocenters. The fourth-order valence-electron chi connectivity index (χ4n) is 3.52. The molecule has 0 spiro atoms. The van der Waals surface area contributed by atoms with E-state index in [-0.39, 0.29) is 0 Å². The van der Waals surface area contributed by atoms with Crippen molar-refractivity contribution in [2.45, 2.75) is 19.3 Å². The molecule has 0 aliphatic heterocycles. The maximum Gasteiger partial charge on any atom is 0.00625 e. The molecule has 3 aliphatic carbocycles. The van der Waals surface area contributed by atoms with Gasteiger partial charge in [-0.1, -0.05) is 15.9 Å². The Morgan fingerprint density at radius 3 is 2.50 bits per heavy atom. The van der Waals surface area contributed by atoms with E-state index < -0.39 is 0 Å². The molecule has 0 saturated heterocycles. The zero-order valence-corrected chi connectivity index (χ0v) is 7.68. The van der Waals surface area contributed by atoms with Crippen molar-refractivity contribution in [1.29, 1.82) is 0 Å². The monoisotopic (exact) mass is 200 g/mol. The van der Waals surface area contributed by atoms with Gasteiger partial charge in [-0.3, -0.25) is 0 Å². The van der Waals surface area contributed by atoms with E-state index in [0.717, 1.165) is 17.8 Å². The van der Waals surface area contributed by atoms with Crippen LogP contribution in [0.1, 0.15) is 19.3 Å². The number of hydrogen-bond acceptors (Lipinski definition) is 0. The van der Waals surface area contributed by atoms with E-state index in [1.807, 2.05) is 0 Å². The Hall–Kier alpha value is 0.480. The summed E-state index contributed by atoms with van der Waals surface area (Å²) in [5.41, 5.74) is 0. The molecule has 1 heteroatoms. The van der Waals surface area contributed by atoms with Gasteiger partial charge in [-0.15, -0.1) is 0 Å². The molecule has 3 saturated carbocycles. The van der Waals surface area contributed by atoms with Gasteiger partial charge < -0.3 is 0 Å². The van der Waals surface area contributed by atoms with E-state index in [1.54, 1.807) is 19.3 Å². The molecule has 0 aromatic heterocycles. The third-order valence-corrected chi connectivity index (χ3v) is 4.86. The van der Waals surface area contributed by atoms with E-state index in [0.29, 0.717) is 0 Å². The molecule has 0 N–H and O–H groups in total. The highest BCUT2D eigenvalue weighted by molar-refractivity contribution is 9.09. The summed E-state index contributed by atoms with van der Waals surface area (Å²) < 4.78 is 0. The first-order chi connectivity index (χ1) is 4.90. The van der Waals surface area contributed by atoms with Crippen LogP contribution >= 0.6 is 15.9 Å². The average molecular weight is 201 g/mol. The zero-order chi connectivity index (χ0) is 6.72. The molecule has 0 heterocycles. The van der Waals surface area contributed by atoms with Crippen molar-refractivity contribution >= 4 is 15.9 Å². The summed E-state index contributed by atoms with van der Waals surface area (Å²) in [6.07, 6.45) is 4.74. The molecule has 0 aromatic rings. The molecule has 10 heavy (non-hydrogen) atoms. The highest BCUT2D eigenvalue weighted by atomic mass is 79.9. The van der Waals surface area contributed by atoms with Crippen molar-refractivity contribution in [2.24, 2.45) is 29.6 Å². The van der Waals surface area contributed by atoms with Crippen LogP contribution in [0.25, 0.3) is 0 Å². The lowest BCUT2D eigenvalue weighted by atomic mass is 9.90. The van der Waals surface area contributed by atoms with E-state index in [2.05, 4.69) is 15.9 Å². The van der Waals surface area contributed by atoms with Gasteiger partial charge in [0, 0.05) is 5.33 Å². The summed E-state index contributed by atoms with van der Waals surface area (Å²) >= 11 is 3.62. The molecule has 0 nitrogen and oxygen atoms in total. The number of rotatable bonds is 1. The van der Waals surface area contributed by atoms with E-state index in [9.17, 15) is 0 Å². The normalized spacial score (nSPS) is 62.7. The van der Waals surface area contributed by atoms with Crippen LogP contribution < -0.4 is 0 Å². The lowest BCUT2D eigenvalue weighted by Gasteiger charge is -2.17. The molecule has 3 fully saturated rings. The molecule has 56 valence electrons. The van der Waals surface area contributed by atoms with Crippen molar-refractivity contribution < 1.29 is 0 Å². The Labute approximate surface area is 70.5 Å². The maximum atomic E-state index is 3.62. The molecule has 0 aromatic carbocycles. The minimum absolute atomic E-state index is 1.06. The fourth-order valence-corrected chi connectivity index (χ4v) is 4.27. The largest absolute Gasteiger partial charge is 0.0925 e. The predicted octanol–water partition coefficient (Wildman–Crippen LogP) is 2.67. The van der Waals surface area contributed by atoms with Gasteiger partial charge in [0.05, 0.1) is 0 Å². The summed E-state index contributed by atoms with van der Waals surface area (Å²) in [6.45, 7) is 0. The van der Waals surface area contributed by atoms with Crippen molar-refractivity contribution in [3.63, 3.8) is 0 Å². The minimum atomic E-state index is 1.06. The van der Waals surface area contributed by atoms with Crippen molar-refractivity contribution in [1.82, 2.24) is 0 Å². The number of halogens is 1. The lowest BCUT2D eigenvalue weighted by Crippen LogP contribution is -2.13. The van der Waals surface area contributed by atoms with Gasteiger partial charge in [-0.05, 0) is 48.9 Å². The van der Waals surface area contributed by atoms with Crippen LogP contribution in [-0.4, -0.2) is 5.33 Å². The van der Waals surface area contributed by atoms with Gasteiger partial charge >= 0.3 is 0 Å². The molecular weight excluding hydrogens is 188 g/mol. The van der Waals surface area contributed by atoms with Crippen LogP contribution in [0.5, 0.6) is 0 Å². The zero-order valence-electron chi connectivity index (χ0n) is 6.09. The topological polar surface area (TPSA) is 0 Å². The van der Waals surface area contributed by atoms with Crippen molar-refractivity contribution in [2.75, 3.05) is 5.33 Å². The van der Waals surface area contributed by atoms with E-state index in [1.165, 1.54) is 17.2 Å². The second kappa shape index (κ2) is 1.80. The van der Waals surface area contributed by atoms with Gasteiger partial charge in [0.25, 0.3) is 0 Å². The lowest BCUT2D eigenvalue weighted by molar-refractivity contribution is 0.348. The molecule has 2 bridgehead atoms. The highest BCUT2D eigenvalue weighted by Crippen LogP contribution is 2.67. The molecule has 0 amide bonds. The Balaban J connectivity index is 1.85. The summed E-state index contributed by atoms with van der Waals surface area (Å²) in [6, 6.07) is 0. The summed E-state index contributed by atoms with van der Waals surface area (Å²) in [5.74, 6) is 5.78. The Morgan fingerprint density at radius 1 is 1.00 bits per heavy atom. The first-order valence-corrected chi connectivity index (χ1v) is 5.58. The molecule has 0 radical (unpaired) electrons. The van der Waals surface area contributed by atoms with Crippen LogP contribution in [0.15, 0.2) is 0 Å². The molecule has 3 rings (SSSR count). The second-order valence-electron chi connectivity index (χ2n) is 4.37. The SMILES string of the molecule is BrCC1CC2CC1C1CC21. The standard InChI is InChI=1S/C9H13Br/c10-4-6-1-5-2-7(6)9-3-8(5)9/h5-9H,1-4H2. The summed E-state index contributed by atoms with van der Waals surface area (Å²) in [5, 5.41) is 1.28. The Kier molecular flexibility index (Phi) is 1.09. The van der Waals surface area contributed by atoms with Crippen molar-refractivity contribution in [3.05, 3.63) is 0 Å². The molecular formula is C9H13Br. The van der Waals surface area contributed by atoms with E-state index >= 15 is 0 Å². The van der Waals surface area contributed by atoms with E-state index in [4.69, 9.17) is 0 Å². The number of alkyl halides is 1. The van der Waals surface area contributed by atoms with Crippen molar-refractivity contribution in [3.8, 4) is 0 Å². The van der Waals surface area contributed by atoms with Crippen LogP contribution in [0.2, 0.25) is 0 Å². The molecule has 5 unspecified atom stereocenters. The minimum Gasteiger partial charge on any atom is -0.0925 e. The first-order valence-electron chi connectivity index (χ1n) is 4.46. The van der Waals surface area contributed by atoms with Gasteiger partial charge in [-0.2, -0.15) is 0 Å². The van der Waals surface area contributed by atoms with Crippen LogP contribution in [0.3, 0.4) is 0 Å². The van der Waals surface area contributed by atoms with Gasteiger partial charge in [0.15, 0.2) is 0 Å². The van der Waals surface area contributed by atoms with Gasteiger partial charge in [-0.25, -0.2) is 0 Å². The number of hydrogen-bond donors (Lipinski definition) is 0. The third-order valence-electron chi connectivity index (χ3n) is 4.03. The van der Waals surface area contributed by atoms with Crippen LogP contribution in [0.4, 0.5) is 0 Å². The first kappa shape index (κ1) is 6.05. The predicted molar refractivity (Wildman–Crippen MR) is 45.1 cm³/mol. The summed E-state index contributed by atoms with van der Waals surface area (Å²) in [7, 11) is 0. The molecule has 3 aliphatic rings. The number of fused-ring (bicyclic) bond motifs is 5. The second-order valence-corrected chi connectivity index (χ2v) is 5.02. The Morgan fingerprint density at radius 2 is 1.90 bits per heavy atom. The average Bonchev–Trinajstić information content (AvgIpc) is 2.58. The maximum absolute atomic E-state index is 3.62. The Bertz CT molecular complexity index is 166. The van der Waals surface area contributed by atoms with Gasteiger partial charge in [0.2, 0.25) is 0 Å². The van der Waals surface area contributed by atoms with Crippen LogP contribution in [-0.2, 0) is 0 Å². The van der Waals surface area contributed by atoms with Crippen LogP contribution in [0, 0.1) is 29.6 Å².